The Bertz CT molecular complexity index is 872. The average molecular weight is 333 g/mol. The van der Waals surface area contributed by atoms with Crippen LogP contribution in [-0.4, -0.2) is 34.7 Å². The van der Waals surface area contributed by atoms with Gasteiger partial charge in [-0.15, -0.1) is 0 Å². The highest BCUT2D eigenvalue weighted by atomic mass is 16.5. The first kappa shape index (κ1) is 15.4. The zero-order chi connectivity index (χ0) is 17.2. The maximum Gasteiger partial charge on any atom is 0.254 e. The van der Waals surface area contributed by atoms with E-state index >= 15 is 0 Å². The van der Waals surface area contributed by atoms with Crippen molar-refractivity contribution in [3.63, 3.8) is 0 Å². The Kier molecular flexibility index (Phi) is 3.98. The number of benzene rings is 2. The summed E-state index contributed by atoms with van der Waals surface area (Å²) in [5.74, 6) is 0.885. The van der Waals surface area contributed by atoms with Crippen LogP contribution in [0.3, 0.4) is 0 Å². The van der Waals surface area contributed by atoms with Gasteiger partial charge in [0.1, 0.15) is 5.75 Å². The maximum absolute atomic E-state index is 12.8. The molecule has 4 rings (SSSR count). The summed E-state index contributed by atoms with van der Waals surface area (Å²) >= 11 is 0. The van der Waals surface area contributed by atoms with Crippen LogP contribution in [0.25, 0.3) is 11.3 Å². The van der Waals surface area contributed by atoms with Crippen molar-refractivity contribution in [2.45, 2.75) is 12.5 Å². The molecule has 0 spiro atoms. The SMILES string of the molecule is COc1cccc([C@H]2CCN2C(=O)c2ccc(-c3ccn[nH]3)cc2)c1. The van der Waals surface area contributed by atoms with Gasteiger partial charge in [-0.25, -0.2) is 0 Å². The summed E-state index contributed by atoms with van der Waals surface area (Å²) < 4.78 is 5.29. The molecule has 1 aliphatic rings. The average Bonchev–Trinajstić information content (AvgIpc) is 3.16. The van der Waals surface area contributed by atoms with Crippen molar-refractivity contribution in [2.75, 3.05) is 13.7 Å². The van der Waals surface area contributed by atoms with Gasteiger partial charge in [0.15, 0.2) is 0 Å². The summed E-state index contributed by atoms with van der Waals surface area (Å²) in [5, 5.41) is 6.88. The summed E-state index contributed by atoms with van der Waals surface area (Å²) in [5.41, 5.74) is 3.78. The number of likely N-dealkylation sites (tertiary alicyclic amines) is 1. The molecule has 0 unspecified atom stereocenters. The van der Waals surface area contributed by atoms with Crippen molar-refractivity contribution in [1.29, 1.82) is 0 Å². The monoisotopic (exact) mass is 333 g/mol. The quantitative estimate of drug-likeness (QED) is 0.792. The molecule has 2 heterocycles. The number of nitrogens with one attached hydrogen (secondary N) is 1. The van der Waals surface area contributed by atoms with Crippen LogP contribution in [0.2, 0.25) is 0 Å². The molecule has 1 amide bonds. The number of amides is 1. The van der Waals surface area contributed by atoms with E-state index in [-0.39, 0.29) is 11.9 Å². The van der Waals surface area contributed by atoms with Gasteiger partial charge in [-0.2, -0.15) is 5.10 Å². The van der Waals surface area contributed by atoms with Gasteiger partial charge in [-0.05, 0) is 47.9 Å². The third-order valence-corrected chi connectivity index (χ3v) is 4.70. The van der Waals surface area contributed by atoms with Gasteiger partial charge in [0.2, 0.25) is 0 Å². The molecule has 0 saturated carbocycles. The second kappa shape index (κ2) is 6.43. The number of H-pyrrole nitrogens is 1. The number of methoxy groups -OCH3 is 1. The van der Waals surface area contributed by atoms with E-state index in [1.54, 1.807) is 13.3 Å². The van der Waals surface area contributed by atoms with Crippen LogP contribution in [0.5, 0.6) is 5.75 Å². The molecule has 1 saturated heterocycles. The van der Waals surface area contributed by atoms with Gasteiger partial charge in [-0.1, -0.05) is 24.3 Å². The van der Waals surface area contributed by atoms with E-state index in [0.29, 0.717) is 5.56 Å². The summed E-state index contributed by atoms with van der Waals surface area (Å²) in [4.78, 5) is 14.8. The van der Waals surface area contributed by atoms with Crippen molar-refractivity contribution in [3.05, 3.63) is 71.9 Å². The number of carbonyl (C=O) groups excluding carboxylic acids is 1. The first-order valence-corrected chi connectivity index (χ1v) is 8.31. The van der Waals surface area contributed by atoms with Crippen molar-refractivity contribution in [1.82, 2.24) is 15.1 Å². The molecular formula is C20H19N3O2. The van der Waals surface area contributed by atoms with Crippen LogP contribution in [0.4, 0.5) is 0 Å². The first-order valence-electron chi connectivity index (χ1n) is 8.31. The second-order valence-corrected chi connectivity index (χ2v) is 6.13. The van der Waals surface area contributed by atoms with E-state index in [1.807, 2.05) is 59.5 Å². The Balaban J connectivity index is 1.52. The highest BCUT2D eigenvalue weighted by Gasteiger charge is 2.34. The smallest absolute Gasteiger partial charge is 0.254 e. The molecule has 1 aromatic heterocycles. The standard InChI is InChI=1S/C20H19N3O2/c1-25-17-4-2-3-16(13-17)19-10-12-23(19)20(24)15-7-5-14(6-8-15)18-9-11-21-22-18/h2-9,11,13,19H,10,12H2,1H3,(H,21,22)/t19-/m1/s1. The van der Waals surface area contributed by atoms with Crippen LogP contribution >= 0.6 is 0 Å². The molecule has 5 heteroatoms. The lowest BCUT2D eigenvalue weighted by Gasteiger charge is -2.41. The number of nitrogens with zero attached hydrogens (tertiary/aromatic N) is 2. The third kappa shape index (κ3) is 2.89. The zero-order valence-corrected chi connectivity index (χ0v) is 14.0. The fraction of sp³-hybridized carbons (Fsp3) is 0.200. The predicted octanol–water partition coefficient (Wildman–Crippen LogP) is 3.67. The molecule has 0 bridgehead atoms. The van der Waals surface area contributed by atoms with E-state index in [9.17, 15) is 4.79 Å². The Morgan fingerprint density at radius 3 is 2.68 bits per heavy atom. The van der Waals surface area contributed by atoms with E-state index in [1.165, 1.54) is 0 Å². The van der Waals surface area contributed by atoms with Gasteiger partial charge in [0.25, 0.3) is 5.91 Å². The number of ether oxygens (including phenoxy) is 1. The molecule has 25 heavy (non-hydrogen) atoms. The zero-order valence-electron chi connectivity index (χ0n) is 14.0. The van der Waals surface area contributed by atoms with Crippen LogP contribution < -0.4 is 4.74 Å². The van der Waals surface area contributed by atoms with Crippen LogP contribution in [-0.2, 0) is 0 Å². The van der Waals surface area contributed by atoms with Gasteiger partial charge in [0, 0.05) is 18.3 Å². The molecule has 1 fully saturated rings. The minimum absolute atomic E-state index is 0.0650. The summed E-state index contributed by atoms with van der Waals surface area (Å²) in [6.07, 6.45) is 2.69. The highest BCUT2D eigenvalue weighted by molar-refractivity contribution is 5.95. The summed E-state index contributed by atoms with van der Waals surface area (Å²) in [7, 11) is 1.66. The molecule has 3 aromatic rings. The van der Waals surface area contributed by atoms with Crippen LogP contribution in [0.15, 0.2) is 60.8 Å². The molecule has 1 N–H and O–H groups in total. The predicted molar refractivity (Wildman–Crippen MR) is 95.4 cm³/mol. The first-order chi connectivity index (χ1) is 12.3. The lowest BCUT2D eigenvalue weighted by Crippen LogP contribution is -2.45. The lowest BCUT2D eigenvalue weighted by molar-refractivity contribution is 0.0460. The molecule has 0 radical (unpaired) electrons. The molecule has 1 atom stereocenters. The van der Waals surface area contributed by atoms with Crippen molar-refractivity contribution >= 4 is 5.91 Å². The molecule has 126 valence electrons. The largest absolute Gasteiger partial charge is 0.497 e. The van der Waals surface area contributed by atoms with Crippen LogP contribution in [0.1, 0.15) is 28.4 Å². The Hall–Kier alpha value is -3.08. The normalized spacial score (nSPS) is 16.4. The van der Waals surface area contributed by atoms with E-state index < -0.39 is 0 Å². The number of hydrogen-bond acceptors (Lipinski definition) is 3. The summed E-state index contributed by atoms with van der Waals surface area (Å²) in [6.45, 7) is 0.781. The number of carbonyl (C=O) groups is 1. The van der Waals surface area contributed by atoms with Crippen molar-refractivity contribution in [3.8, 4) is 17.0 Å². The van der Waals surface area contributed by atoms with Crippen molar-refractivity contribution < 1.29 is 9.53 Å². The van der Waals surface area contributed by atoms with Gasteiger partial charge in [-0.3, -0.25) is 9.89 Å². The fourth-order valence-corrected chi connectivity index (χ4v) is 3.20. The Labute approximate surface area is 146 Å². The van der Waals surface area contributed by atoms with Gasteiger partial charge >= 0.3 is 0 Å². The van der Waals surface area contributed by atoms with Gasteiger partial charge < -0.3 is 9.64 Å². The summed E-state index contributed by atoms with van der Waals surface area (Å²) in [6, 6.07) is 17.6. The van der Waals surface area contributed by atoms with E-state index in [0.717, 1.165) is 35.5 Å². The number of aromatic amines is 1. The topological polar surface area (TPSA) is 58.2 Å². The molecule has 2 aromatic carbocycles. The lowest BCUT2D eigenvalue weighted by atomic mass is 9.93. The molecule has 1 aliphatic heterocycles. The highest BCUT2D eigenvalue weighted by Crippen LogP contribution is 2.35. The number of rotatable bonds is 4. The molecule has 0 aliphatic carbocycles. The fourth-order valence-electron chi connectivity index (χ4n) is 3.20. The maximum atomic E-state index is 12.8. The molecule has 5 nitrogen and oxygen atoms in total. The number of aromatic nitrogens is 2. The van der Waals surface area contributed by atoms with E-state index in [2.05, 4.69) is 10.2 Å². The minimum atomic E-state index is 0.0650. The Morgan fingerprint density at radius 1 is 1.20 bits per heavy atom. The van der Waals surface area contributed by atoms with Gasteiger partial charge in [0.05, 0.1) is 18.8 Å². The molecular weight excluding hydrogens is 314 g/mol. The number of hydrogen-bond donors (Lipinski definition) is 1. The van der Waals surface area contributed by atoms with E-state index in [4.69, 9.17) is 4.74 Å². The minimum Gasteiger partial charge on any atom is -0.497 e. The Morgan fingerprint density at radius 2 is 2.04 bits per heavy atom. The third-order valence-electron chi connectivity index (χ3n) is 4.70. The second-order valence-electron chi connectivity index (χ2n) is 6.13. The van der Waals surface area contributed by atoms with Crippen LogP contribution in [0, 0.1) is 0 Å². The van der Waals surface area contributed by atoms with Crippen molar-refractivity contribution in [2.24, 2.45) is 0 Å².